The van der Waals surface area contributed by atoms with Gasteiger partial charge >= 0.3 is 0 Å². The molecule has 1 heterocycles. The Morgan fingerprint density at radius 3 is 3.00 bits per heavy atom. The van der Waals surface area contributed by atoms with Crippen molar-refractivity contribution in [3.8, 4) is 0 Å². The van der Waals surface area contributed by atoms with Crippen molar-refractivity contribution in [3.05, 3.63) is 35.4 Å². The normalized spacial score (nSPS) is 14.8. The molecule has 0 atom stereocenters. The van der Waals surface area contributed by atoms with Crippen LogP contribution in [0.15, 0.2) is 24.3 Å². The Morgan fingerprint density at radius 2 is 2.32 bits per heavy atom. The zero-order valence-electron chi connectivity index (χ0n) is 11.3. The Labute approximate surface area is 115 Å². The first kappa shape index (κ1) is 13.6. The summed E-state index contributed by atoms with van der Waals surface area (Å²) in [7, 11) is 0. The van der Waals surface area contributed by atoms with E-state index < -0.39 is 0 Å². The molecule has 2 rings (SSSR count). The molecule has 19 heavy (non-hydrogen) atoms. The number of benzene rings is 1. The predicted molar refractivity (Wildman–Crippen MR) is 76.1 cm³/mol. The number of carbonyl (C=O) groups is 2. The zero-order chi connectivity index (χ0) is 13.7. The topological polar surface area (TPSA) is 49.4 Å². The van der Waals surface area contributed by atoms with Crippen LogP contribution >= 0.6 is 0 Å². The second-order valence-electron chi connectivity index (χ2n) is 4.96. The molecule has 2 amide bonds. The van der Waals surface area contributed by atoms with Gasteiger partial charge in [-0.05, 0) is 31.9 Å². The first-order valence-electron chi connectivity index (χ1n) is 6.79. The number of rotatable bonds is 5. The van der Waals surface area contributed by atoms with Crippen molar-refractivity contribution in [1.82, 2.24) is 10.2 Å². The minimum atomic E-state index is -0.0450. The Kier molecular flexibility index (Phi) is 4.55. The van der Waals surface area contributed by atoms with Crippen LogP contribution in [0.25, 0.3) is 0 Å². The maximum absolute atomic E-state index is 11.9. The van der Waals surface area contributed by atoms with Crippen molar-refractivity contribution in [2.24, 2.45) is 0 Å². The van der Waals surface area contributed by atoms with E-state index in [2.05, 4.69) is 5.32 Å². The molecule has 4 heteroatoms. The highest BCUT2D eigenvalue weighted by atomic mass is 16.2. The molecule has 104 valence electrons. The number of hydrogen-bond acceptors (Lipinski definition) is 2. The number of nitrogens with one attached hydrogen (secondary N) is 1. The average Bonchev–Trinajstić information content (AvgIpc) is 2.80. The molecule has 0 saturated carbocycles. The second kappa shape index (κ2) is 6.36. The molecule has 0 aromatic heterocycles. The number of nitrogens with zero attached hydrogens (tertiary/aromatic N) is 1. The highest BCUT2D eigenvalue weighted by Crippen LogP contribution is 2.09. The quantitative estimate of drug-likeness (QED) is 0.825. The zero-order valence-corrected chi connectivity index (χ0v) is 11.3. The summed E-state index contributed by atoms with van der Waals surface area (Å²) in [6, 6.07) is 7.54. The lowest BCUT2D eigenvalue weighted by Crippen LogP contribution is -2.30. The fourth-order valence-electron chi connectivity index (χ4n) is 2.30. The van der Waals surface area contributed by atoms with Crippen molar-refractivity contribution in [2.45, 2.75) is 26.2 Å². The average molecular weight is 262 g/mol. The van der Waals surface area contributed by atoms with Gasteiger partial charge in [0.15, 0.2) is 0 Å². The molecule has 1 N–H and O–H groups in total. The third-order valence-electron chi connectivity index (χ3n) is 3.34. The Balaban J connectivity index is 0.00000200. The van der Waals surface area contributed by atoms with E-state index in [0.717, 1.165) is 31.5 Å². The van der Waals surface area contributed by atoms with Crippen LogP contribution in [0.5, 0.6) is 0 Å². The lowest BCUT2D eigenvalue weighted by Gasteiger charge is -2.15. The van der Waals surface area contributed by atoms with Crippen LogP contribution in [-0.2, 0) is 4.79 Å². The highest BCUT2D eigenvalue weighted by Gasteiger charge is 2.19. The third kappa shape index (κ3) is 3.81. The van der Waals surface area contributed by atoms with Crippen LogP contribution in [0.2, 0.25) is 0 Å². The molecule has 1 aliphatic heterocycles. The Bertz CT molecular complexity index is 477. The van der Waals surface area contributed by atoms with E-state index in [0.29, 0.717) is 18.5 Å². The molecule has 0 aliphatic carbocycles. The maximum Gasteiger partial charge on any atom is 0.251 e. The Morgan fingerprint density at radius 1 is 1.47 bits per heavy atom. The van der Waals surface area contributed by atoms with Crippen LogP contribution < -0.4 is 5.32 Å². The van der Waals surface area contributed by atoms with Crippen LogP contribution in [0.3, 0.4) is 0 Å². The van der Waals surface area contributed by atoms with E-state index >= 15 is 0 Å². The lowest BCUT2D eigenvalue weighted by molar-refractivity contribution is -0.127. The van der Waals surface area contributed by atoms with E-state index in [1.54, 1.807) is 0 Å². The van der Waals surface area contributed by atoms with Gasteiger partial charge in [0.05, 0.1) is 0 Å². The van der Waals surface area contributed by atoms with Gasteiger partial charge in [-0.3, -0.25) is 9.59 Å². The van der Waals surface area contributed by atoms with Crippen LogP contribution in [-0.4, -0.2) is 36.3 Å². The summed E-state index contributed by atoms with van der Waals surface area (Å²) in [6.45, 7) is 4.18. The molecule has 0 unspecified atom stereocenters. The highest BCUT2D eigenvalue weighted by molar-refractivity contribution is 5.94. The summed E-state index contributed by atoms with van der Waals surface area (Å²) in [6.07, 6.45) is 2.45. The van der Waals surface area contributed by atoms with Gasteiger partial charge in [-0.1, -0.05) is 17.7 Å². The van der Waals surface area contributed by atoms with Crippen molar-refractivity contribution in [3.63, 3.8) is 0 Å². The number of hydrogen-bond donors (Lipinski definition) is 1. The lowest BCUT2D eigenvalue weighted by atomic mass is 10.1. The minimum absolute atomic E-state index is 0. The molecule has 1 aliphatic rings. The van der Waals surface area contributed by atoms with E-state index in [-0.39, 0.29) is 13.2 Å². The number of likely N-dealkylation sites (tertiary alicyclic amines) is 1. The summed E-state index contributed by atoms with van der Waals surface area (Å²) in [5, 5.41) is 2.89. The predicted octanol–water partition coefficient (Wildman–Crippen LogP) is 1.98. The van der Waals surface area contributed by atoms with E-state index in [1.165, 1.54) is 0 Å². The van der Waals surface area contributed by atoms with Gasteiger partial charge in [0.25, 0.3) is 5.91 Å². The second-order valence-corrected chi connectivity index (χ2v) is 4.96. The minimum Gasteiger partial charge on any atom is -0.352 e. The number of aryl methyl sites for hydroxylation is 1. The molecule has 1 aromatic rings. The largest absolute Gasteiger partial charge is 0.352 e. The summed E-state index contributed by atoms with van der Waals surface area (Å²) in [4.78, 5) is 25.1. The van der Waals surface area contributed by atoms with Crippen LogP contribution in [0, 0.1) is 6.92 Å². The fraction of sp³-hybridized carbons (Fsp3) is 0.467. The smallest absolute Gasteiger partial charge is 0.251 e. The van der Waals surface area contributed by atoms with Crippen molar-refractivity contribution in [1.29, 1.82) is 0 Å². The first-order chi connectivity index (χ1) is 9.16. The van der Waals surface area contributed by atoms with Crippen LogP contribution in [0.4, 0.5) is 0 Å². The maximum atomic E-state index is 11.9. The number of amides is 2. The van der Waals surface area contributed by atoms with Gasteiger partial charge in [0.1, 0.15) is 0 Å². The van der Waals surface area contributed by atoms with E-state index in [4.69, 9.17) is 0 Å². The SMILES string of the molecule is Cc1cccc(C(=O)NCCCN2CCCC2=O)c1.[HH]. The fourth-order valence-corrected chi connectivity index (χ4v) is 2.30. The number of carbonyl (C=O) groups excluding carboxylic acids is 2. The molecule has 0 radical (unpaired) electrons. The molecular weight excluding hydrogens is 240 g/mol. The summed E-state index contributed by atoms with van der Waals surface area (Å²) in [5.41, 5.74) is 1.77. The standard InChI is InChI=1S/C15H20N2O2.H2/c1-12-5-2-6-13(11-12)15(19)16-8-4-10-17-9-3-7-14(17)18;/h2,5-6,11H,3-4,7-10H2,1H3,(H,16,19);1H. The van der Waals surface area contributed by atoms with Gasteiger partial charge in [-0.2, -0.15) is 0 Å². The molecule has 1 fully saturated rings. The molecule has 1 aromatic carbocycles. The van der Waals surface area contributed by atoms with Crippen molar-refractivity contribution < 1.29 is 11.0 Å². The first-order valence-corrected chi connectivity index (χ1v) is 6.79. The van der Waals surface area contributed by atoms with Gasteiger partial charge in [-0.25, -0.2) is 0 Å². The van der Waals surface area contributed by atoms with Gasteiger partial charge in [0, 0.05) is 33.0 Å². The molecule has 4 nitrogen and oxygen atoms in total. The van der Waals surface area contributed by atoms with E-state index in [9.17, 15) is 9.59 Å². The van der Waals surface area contributed by atoms with Gasteiger partial charge in [-0.15, -0.1) is 0 Å². The Hall–Kier alpha value is -1.84. The summed E-state index contributed by atoms with van der Waals surface area (Å²) < 4.78 is 0. The monoisotopic (exact) mass is 262 g/mol. The third-order valence-corrected chi connectivity index (χ3v) is 3.34. The van der Waals surface area contributed by atoms with Crippen molar-refractivity contribution in [2.75, 3.05) is 19.6 Å². The van der Waals surface area contributed by atoms with Crippen molar-refractivity contribution >= 4 is 11.8 Å². The van der Waals surface area contributed by atoms with E-state index in [1.807, 2.05) is 36.1 Å². The molecule has 1 saturated heterocycles. The van der Waals surface area contributed by atoms with Crippen LogP contribution in [0.1, 0.15) is 36.6 Å². The van der Waals surface area contributed by atoms with Gasteiger partial charge < -0.3 is 10.2 Å². The van der Waals surface area contributed by atoms with Gasteiger partial charge in [0.2, 0.25) is 5.91 Å². The molecular formula is C15H22N2O2. The molecule has 0 bridgehead atoms. The summed E-state index contributed by atoms with van der Waals surface area (Å²) in [5.74, 6) is 0.196. The summed E-state index contributed by atoms with van der Waals surface area (Å²) >= 11 is 0. The molecule has 0 spiro atoms.